The van der Waals surface area contributed by atoms with Crippen molar-refractivity contribution in [1.29, 1.82) is 0 Å². The average Bonchev–Trinajstić information content (AvgIpc) is 2.26. The first kappa shape index (κ1) is 11.6. The summed E-state index contributed by atoms with van der Waals surface area (Å²) in [4.78, 5) is 12.0. The Kier molecular flexibility index (Phi) is 3.02. The molecule has 0 aromatic heterocycles. The van der Waals surface area contributed by atoms with Gasteiger partial charge in [0.05, 0.1) is 0 Å². The highest BCUT2D eigenvalue weighted by molar-refractivity contribution is 6.31. The van der Waals surface area contributed by atoms with Gasteiger partial charge < -0.3 is 10.8 Å². The van der Waals surface area contributed by atoms with Gasteiger partial charge in [-0.2, -0.15) is 0 Å². The Balaban J connectivity index is 2.45. The fourth-order valence-electron chi connectivity index (χ4n) is 2.22. The Hall–Kier alpha value is -0.900. The van der Waals surface area contributed by atoms with Gasteiger partial charge in [0.2, 0.25) is 0 Å². The number of ketones is 1. The number of carbonyl (C=O) groups excluding carboxylic acids is 1. The van der Waals surface area contributed by atoms with Crippen LogP contribution in [0.5, 0.6) is 0 Å². The number of aliphatic hydroxyl groups excluding tert-OH is 1. The van der Waals surface area contributed by atoms with Crippen LogP contribution in [0.3, 0.4) is 0 Å². The van der Waals surface area contributed by atoms with Gasteiger partial charge in [0, 0.05) is 5.02 Å². The van der Waals surface area contributed by atoms with Crippen LogP contribution in [0.25, 0.3) is 0 Å². The quantitative estimate of drug-likeness (QED) is 0.783. The van der Waals surface area contributed by atoms with Crippen LogP contribution in [0.15, 0.2) is 24.3 Å². The van der Waals surface area contributed by atoms with Crippen LogP contribution in [-0.4, -0.2) is 17.0 Å². The predicted octanol–water partition coefficient (Wildman–Crippen LogP) is 1.61. The zero-order valence-electron chi connectivity index (χ0n) is 8.82. The molecule has 0 radical (unpaired) electrons. The van der Waals surface area contributed by atoms with Crippen LogP contribution >= 0.6 is 11.6 Å². The molecule has 1 aromatic carbocycles. The van der Waals surface area contributed by atoms with E-state index < -0.39 is 11.6 Å². The van der Waals surface area contributed by atoms with E-state index in [2.05, 4.69) is 0 Å². The van der Waals surface area contributed by atoms with Gasteiger partial charge in [-0.25, -0.2) is 0 Å². The lowest BCUT2D eigenvalue weighted by atomic mass is 9.75. The smallest absolute Gasteiger partial charge is 0.185 e. The van der Waals surface area contributed by atoms with Crippen LogP contribution < -0.4 is 5.73 Å². The number of halogens is 1. The fraction of sp³-hybridized carbons (Fsp3) is 0.417. The zero-order valence-corrected chi connectivity index (χ0v) is 9.57. The second kappa shape index (κ2) is 4.17. The summed E-state index contributed by atoms with van der Waals surface area (Å²) in [5.74, 6) is -0.327. The number of rotatable bonds is 1. The van der Waals surface area contributed by atoms with Crippen molar-refractivity contribution in [1.82, 2.24) is 0 Å². The van der Waals surface area contributed by atoms with Crippen molar-refractivity contribution in [3.63, 3.8) is 0 Å². The number of aliphatic hydroxyl groups is 1. The number of hydrogen-bond donors (Lipinski definition) is 2. The first-order valence-electron chi connectivity index (χ1n) is 5.32. The molecule has 1 saturated carbocycles. The van der Waals surface area contributed by atoms with Gasteiger partial charge in [0.15, 0.2) is 5.78 Å². The van der Waals surface area contributed by atoms with Crippen molar-refractivity contribution < 1.29 is 9.90 Å². The van der Waals surface area contributed by atoms with Gasteiger partial charge >= 0.3 is 0 Å². The van der Waals surface area contributed by atoms with Crippen LogP contribution in [0.4, 0.5) is 0 Å². The maximum Gasteiger partial charge on any atom is 0.185 e. The Morgan fingerprint density at radius 2 is 2.12 bits per heavy atom. The molecule has 0 bridgehead atoms. The lowest BCUT2D eigenvalue weighted by Crippen LogP contribution is -2.52. The second-order valence-corrected chi connectivity index (χ2v) is 4.63. The molecule has 0 amide bonds. The van der Waals surface area contributed by atoms with Crippen molar-refractivity contribution in [3.8, 4) is 0 Å². The third kappa shape index (κ3) is 1.75. The molecule has 1 fully saturated rings. The molecular formula is C12H14ClNO2. The van der Waals surface area contributed by atoms with Crippen molar-refractivity contribution in [3.05, 3.63) is 34.9 Å². The maximum absolute atomic E-state index is 12.0. The van der Waals surface area contributed by atoms with Crippen LogP contribution in [0, 0.1) is 0 Å². The summed E-state index contributed by atoms with van der Waals surface area (Å²) in [5.41, 5.74) is 5.60. The molecule has 1 aliphatic rings. The van der Waals surface area contributed by atoms with Gasteiger partial charge in [0.1, 0.15) is 11.6 Å². The first-order valence-corrected chi connectivity index (χ1v) is 5.70. The fourth-order valence-corrected chi connectivity index (χ4v) is 2.52. The maximum atomic E-state index is 12.0. The second-order valence-electron chi connectivity index (χ2n) is 4.22. The van der Waals surface area contributed by atoms with E-state index in [0.29, 0.717) is 23.4 Å². The summed E-state index contributed by atoms with van der Waals surface area (Å²) in [6.07, 6.45) is 0.791. The normalized spacial score (nSPS) is 30.4. The number of carbonyl (C=O) groups is 1. The Bertz CT molecular complexity index is 421. The predicted molar refractivity (Wildman–Crippen MR) is 62.2 cm³/mol. The summed E-state index contributed by atoms with van der Waals surface area (Å²) in [7, 11) is 0. The van der Waals surface area contributed by atoms with Crippen LogP contribution in [-0.2, 0) is 10.3 Å². The Morgan fingerprint density at radius 3 is 2.81 bits per heavy atom. The van der Waals surface area contributed by atoms with E-state index in [1.165, 1.54) is 0 Å². The van der Waals surface area contributed by atoms with Gasteiger partial charge in [-0.1, -0.05) is 29.8 Å². The van der Waals surface area contributed by atoms with Gasteiger partial charge in [0.25, 0.3) is 0 Å². The minimum Gasteiger partial charge on any atom is -0.385 e. The summed E-state index contributed by atoms with van der Waals surface area (Å²) in [5, 5.41) is 10.1. The Morgan fingerprint density at radius 1 is 1.44 bits per heavy atom. The van der Waals surface area contributed by atoms with Crippen molar-refractivity contribution >= 4 is 17.4 Å². The van der Waals surface area contributed by atoms with Crippen molar-refractivity contribution in [2.45, 2.75) is 30.9 Å². The summed E-state index contributed by atoms with van der Waals surface area (Å²) < 4.78 is 0. The molecule has 0 spiro atoms. The third-order valence-corrected chi connectivity index (χ3v) is 3.48. The third-order valence-electron chi connectivity index (χ3n) is 3.15. The molecule has 0 heterocycles. The van der Waals surface area contributed by atoms with Crippen molar-refractivity contribution in [2.24, 2.45) is 5.73 Å². The molecule has 0 unspecified atom stereocenters. The van der Waals surface area contributed by atoms with E-state index in [9.17, 15) is 9.90 Å². The number of nitrogens with two attached hydrogens (primary N) is 1. The van der Waals surface area contributed by atoms with Crippen LogP contribution in [0.1, 0.15) is 24.8 Å². The van der Waals surface area contributed by atoms with E-state index in [0.717, 1.165) is 6.42 Å². The SMILES string of the molecule is N[C@]1(c2ccccc2Cl)CCC[C@@H](O)C1=O. The molecule has 1 aliphatic carbocycles. The highest BCUT2D eigenvalue weighted by Crippen LogP contribution is 2.35. The number of hydrogen-bond acceptors (Lipinski definition) is 3. The first-order chi connectivity index (χ1) is 7.55. The minimum absolute atomic E-state index is 0.327. The number of benzene rings is 1. The highest BCUT2D eigenvalue weighted by atomic mass is 35.5. The van der Waals surface area contributed by atoms with Gasteiger partial charge in [-0.3, -0.25) is 4.79 Å². The lowest BCUT2D eigenvalue weighted by Gasteiger charge is -2.35. The largest absolute Gasteiger partial charge is 0.385 e. The summed E-state index contributed by atoms with van der Waals surface area (Å²) in [6, 6.07) is 7.04. The molecule has 2 rings (SSSR count). The molecule has 1 aromatic rings. The molecule has 0 aliphatic heterocycles. The monoisotopic (exact) mass is 239 g/mol. The molecule has 3 N–H and O–H groups in total. The lowest BCUT2D eigenvalue weighted by molar-refractivity contribution is -0.136. The molecule has 16 heavy (non-hydrogen) atoms. The average molecular weight is 240 g/mol. The van der Waals surface area contributed by atoms with Crippen molar-refractivity contribution in [2.75, 3.05) is 0 Å². The number of Topliss-reactive ketones (excluding diaryl/α,β-unsaturated/α-hetero) is 1. The molecule has 4 heteroatoms. The molecule has 2 atom stereocenters. The molecular weight excluding hydrogens is 226 g/mol. The van der Waals surface area contributed by atoms with Crippen LogP contribution in [0.2, 0.25) is 5.02 Å². The summed E-state index contributed by atoms with van der Waals surface area (Å²) >= 11 is 6.05. The van der Waals surface area contributed by atoms with E-state index >= 15 is 0 Å². The van der Waals surface area contributed by atoms with E-state index in [1.54, 1.807) is 24.3 Å². The summed E-state index contributed by atoms with van der Waals surface area (Å²) in [6.45, 7) is 0. The Labute approximate surface area is 99.2 Å². The standard InChI is InChI=1S/C12H14ClNO2/c13-9-5-2-1-4-8(9)12(14)7-3-6-10(15)11(12)16/h1-2,4-5,10,15H,3,6-7,14H2/t10-,12+/m1/s1. The molecule has 86 valence electrons. The highest BCUT2D eigenvalue weighted by Gasteiger charge is 2.43. The van der Waals surface area contributed by atoms with Gasteiger partial charge in [-0.05, 0) is 30.9 Å². The minimum atomic E-state index is -1.13. The topological polar surface area (TPSA) is 63.3 Å². The van der Waals surface area contributed by atoms with E-state index in [4.69, 9.17) is 17.3 Å². The molecule has 3 nitrogen and oxygen atoms in total. The van der Waals surface area contributed by atoms with Gasteiger partial charge in [-0.15, -0.1) is 0 Å². The van der Waals surface area contributed by atoms with E-state index in [1.807, 2.05) is 0 Å². The zero-order chi connectivity index (χ0) is 11.8. The molecule has 0 saturated heterocycles. The van der Waals surface area contributed by atoms with E-state index in [-0.39, 0.29) is 5.78 Å².